The molecule has 1 aliphatic rings. The number of carbonyl (C=O) groups excluding carboxylic acids is 3. The maximum atomic E-state index is 11.7. The van der Waals surface area contributed by atoms with Crippen molar-refractivity contribution in [1.29, 1.82) is 0 Å². The monoisotopic (exact) mass is 367 g/mol. The Hall–Kier alpha value is -2.15. The molecule has 0 bridgehead atoms. The number of rotatable bonds is 4. The normalized spacial score (nSPS) is 16.6. The molecule has 0 atom stereocenters. The number of ketones is 1. The maximum Gasteiger partial charge on any atom is 0.350 e. The average Bonchev–Trinajstić information content (AvgIpc) is 2.45. The van der Waals surface area contributed by atoms with Crippen molar-refractivity contribution in [3.8, 4) is 0 Å². The summed E-state index contributed by atoms with van der Waals surface area (Å²) in [6, 6.07) is 6.61. The van der Waals surface area contributed by atoms with Crippen molar-refractivity contribution in [2.75, 3.05) is 10.6 Å². The molecule has 0 spiro atoms. The zero-order valence-corrected chi connectivity index (χ0v) is 13.6. The number of carbonyl (C=O) groups is 3. The van der Waals surface area contributed by atoms with Gasteiger partial charge in [0.15, 0.2) is 11.4 Å². The number of benzene rings is 1. The first-order valence-electron chi connectivity index (χ1n) is 6.45. The van der Waals surface area contributed by atoms with Gasteiger partial charge in [-0.15, -0.1) is 0 Å². The molecular weight excluding hydrogens is 354 g/mol. The maximum absolute atomic E-state index is 11.7. The minimum Gasteiger partial charge on any atom is -0.419 e. The number of anilines is 1. The lowest BCUT2D eigenvalue weighted by Gasteiger charge is -2.29. The molecule has 0 amide bonds. The van der Waals surface area contributed by atoms with E-state index in [1.807, 2.05) is 0 Å². The predicted octanol–water partition coefficient (Wildman–Crippen LogP) is 2.40. The Morgan fingerprint density at radius 2 is 1.73 bits per heavy atom. The number of alkyl halides is 1. The molecule has 1 aliphatic heterocycles. The van der Waals surface area contributed by atoms with Crippen LogP contribution in [0.5, 0.6) is 0 Å². The van der Waals surface area contributed by atoms with Gasteiger partial charge in [0, 0.05) is 31.3 Å². The van der Waals surface area contributed by atoms with Crippen molar-refractivity contribution in [2.24, 2.45) is 0 Å². The summed E-state index contributed by atoms with van der Waals surface area (Å²) in [6.07, 6.45) is 1.22. The SMILES string of the molecule is CC1(C)OC(=O)C(=CNc2ccc(C(=O)CBr)cc2)C(=O)O1. The van der Waals surface area contributed by atoms with Gasteiger partial charge in [-0.25, -0.2) is 9.59 Å². The van der Waals surface area contributed by atoms with E-state index in [4.69, 9.17) is 9.47 Å². The molecule has 0 aliphatic carbocycles. The van der Waals surface area contributed by atoms with Crippen molar-refractivity contribution in [2.45, 2.75) is 19.6 Å². The molecule has 0 saturated carbocycles. The third-order valence-corrected chi connectivity index (χ3v) is 3.34. The highest BCUT2D eigenvalue weighted by Gasteiger charge is 2.38. The molecule has 0 unspecified atom stereocenters. The van der Waals surface area contributed by atoms with Crippen LogP contribution in [0.25, 0.3) is 0 Å². The summed E-state index contributed by atoms with van der Waals surface area (Å²) >= 11 is 3.10. The van der Waals surface area contributed by atoms with E-state index in [2.05, 4.69) is 21.2 Å². The molecule has 1 aromatic carbocycles. The molecule has 0 aromatic heterocycles. The highest BCUT2D eigenvalue weighted by atomic mass is 79.9. The largest absolute Gasteiger partial charge is 0.419 e. The first-order chi connectivity index (χ1) is 10.3. The zero-order chi connectivity index (χ0) is 16.3. The third-order valence-electron chi connectivity index (χ3n) is 2.83. The lowest BCUT2D eigenvalue weighted by atomic mass is 10.1. The summed E-state index contributed by atoms with van der Waals surface area (Å²) < 4.78 is 9.94. The molecule has 22 heavy (non-hydrogen) atoms. The third kappa shape index (κ3) is 3.73. The van der Waals surface area contributed by atoms with Crippen LogP contribution in [0.1, 0.15) is 24.2 Å². The van der Waals surface area contributed by atoms with Crippen LogP contribution in [0, 0.1) is 0 Å². The van der Waals surface area contributed by atoms with Crippen LogP contribution in [0.2, 0.25) is 0 Å². The molecule has 6 nitrogen and oxygen atoms in total. The van der Waals surface area contributed by atoms with Gasteiger partial charge in [-0.05, 0) is 24.3 Å². The molecule has 1 fully saturated rings. The minimum absolute atomic E-state index is 0.0356. The Morgan fingerprint density at radius 1 is 1.18 bits per heavy atom. The van der Waals surface area contributed by atoms with E-state index in [1.165, 1.54) is 20.0 Å². The lowest BCUT2D eigenvalue weighted by molar-refractivity contribution is -0.222. The average molecular weight is 368 g/mol. The van der Waals surface area contributed by atoms with Crippen molar-refractivity contribution in [1.82, 2.24) is 0 Å². The van der Waals surface area contributed by atoms with Crippen molar-refractivity contribution in [3.63, 3.8) is 0 Å². The predicted molar refractivity (Wildman–Crippen MR) is 82.5 cm³/mol. The second kappa shape index (κ2) is 6.31. The number of cyclic esters (lactones) is 2. The molecule has 2 rings (SSSR count). The van der Waals surface area contributed by atoms with Crippen LogP contribution >= 0.6 is 15.9 Å². The fourth-order valence-corrected chi connectivity index (χ4v) is 2.09. The number of nitrogens with one attached hydrogen (secondary N) is 1. The number of halogens is 1. The fraction of sp³-hybridized carbons (Fsp3) is 0.267. The molecule has 116 valence electrons. The molecule has 1 heterocycles. The summed E-state index contributed by atoms with van der Waals surface area (Å²) in [7, 11) is 0. The smallest absolute Gasteiger partial charge is 0.350 e. The Bertz CT molecular complexity index is 626. The second-order valence-electron chi connectivity index (χ2n) is 5.02. The van der Waals surface area contributed by atoms with E-state index in [0.29, 0.717) is 11.3 Å². The fourth-order valence-electron chi connectivity index (χ4n) is 1.76. The van der Waals surface area contributed by atoms with Crippen molar-refractivity contribution in [3.05, 3.63) is 41.6 Å². The van der Waals surface area contributed by atoms with E-state index < -0.39 is 17.7 Å². The van der Waals surface area contributed by atoms with Crippen LogP contribution in [-0.2, 0) is 19.1 Å². The van der Waals surface area contributed by atoms with Crippen LogP contribution in [0.4, 0.5) is 5.69 Å². The number of ether oxygens (including phenoxy) is 2. The Morgan fingerprint density at radius 3 is 2.23 bits per heavy atom. The Kier molecular flexibility index (Phi) is 4.65. The number of esters is 2. The molecular formula is C15H14BrNO5. The highest BCUT2D eigenvalue weighted by molar-refractivity contribution is 9.09. The standard InChI is InChI=1S/C15H14BrNO5/c1-15(2)21-13(19)11(14(20)22-15)8-17-10-5-3-9(4-6-10)12(18)7-16/h3-6,8,17H,7H2,1-2H3. The Balaban J connectivity index is 2.10. The summed E-state index contributed by atoms with van der Waals surface area (Å²) in [5.74, 6) is -2.80. The van der Waals surface area contributed by atoms with E-state index in [-0.39, 0.29) is 16.7 Å². The summed E-state index contributed by atoms with van der Waals surface area (Å²) in [5.41, 5.74) is 0.956. The molecule has 1 saturated heterocycles. The molecule has 1 aromatic rings. The van der Waals surface area contributed by atoms with Crippen molar-refractivity contribution >= 4 is 39.3 Å². The summed E-state index contributed by atoms with van der Waals surface area (Å²) in [6.45, 7) is 2.96. The van der Waals surface area contributed by atoms with E-state index in [0.717, 1.165) is 0 Å². The summed E-state index contributed by atoms with van der Waals surface area (Å²) in [5, 5.41) is 3.05. The first-order valence-corrected chi connectivity index (χ1v) is 7.57. The summed E-state index contributed by atoms with van der Waals surface area (Å²) in [4.78, 5) is 35.0. The van der Waals surface area contributed by atoms with Gasteiger partial charge in [0.1, 0.15) is 0 Å². The van der Waals surface area contributed by atoms with Crippen LogP contribution in [-0.4, -0.2) is 28.8 Å². The minimum atomic E-state index is -1.26. The van der Waals surface area contributed by atoms with Gasteiger partial charge < -0.3 is 14.8 Å². The number of Topliss-reactive ketones (excluding diaryl/α,β-unsaturated/α-hetero) is 1. The van der Waals surface area contributed by atoms with E-state index >= 15 is 0 Å². The van der Waals surface area contributed by atoms with Gasteiger partial charge in [-0.3, -0.25) is 4.79 Å². The topological polar surface area (TPSA) is 81.7 Å². The quantitative estimate of drug-likeness (QED) is 0.289. The van der Waals surface area contributed by atoms with Gasteiger partial charge >= 0.3 is 11.9 Å². The van der Waals surface area contributed by atoms with Crippen LogP contribution in [0.15, 0.2) is 36.0 Å². The molecule has 1 N–H and O–H groups in total. The Labute approximate surface area is 135 Å². The molecule has 7 heteroatoms. The van der Waals surface area contributed by atoms with Crippen molar-refractivity contribution < 1.29 is 23.9 Å². The molecule has 0 radical (unpaired) electrons. The van der Waals surface area contributed by atoms with E-state index in [1.54, 1.807) is 24.3 Å². The lowest BCUT2D eigenvalue weighted by Crippen LogP contribution is -2.42. The highest BCUT2D eigenvalue weighted by Crippen LogP contribution is 2.22. The van der Waals surface area contributed by atoms with Gasteiger partial charge in [0.2, 0.25) is 0 Å². The van der Waals surface area contributed by atoms with E-state index in [9.17, 15) is 14.4 Å². The van der Waals surface area contributed by atoms with Gasteiger partial charge in [-0.2, -0.15) is 0 Å². The van der Waals surface area contributed by atoms with Gasteiger partial charge in [0.05, 0.1) is 5.33 Å². The van der Waals surface area contributed by atoms with Gasteiger partial charge in [0.25, 0.3) is 5.79 Å². The number of hydrogen-bond donors (Lipinski definition) is 1. The van der Waals surface area contributed by atoms with Crippen LogP contribution < -0.4 is 5.32 Å². The zero-order valence-electron chi connectivity index (χ0n) is 12.0. The van der Waals surface area contributed by atoms with Gasteiger partial charge in [-0.1, -0.05) is 15.9 Å². The second-order valence-corrected chi connectivity index (χ2v) is 5.58. The van der Waals surface area contributed by atoms with Crippen LogP contribution in [0.3, 0.4) is 0 Å². The number of hydrogen-bond acceptors (Lipinski definition) is 6. The first kappa shape index (κ1) is 16.2.